The molecule has 2 N–H and O–H groups in total. The molecule has 2 aromatic carbocycles. The summed E-state index contributed by atoms with van der Waals surface area (Å²) in [7, 11) is 1.79. The summed E-state index contributed by atoms with van der Waals surface area (Å²) >= 11 is 0. The molecule has 0 atom stereocenters. The number of nitrogens with zero attached hydrogens (tertiary/aromatic N) is 4. The summed E-state index contributed by atoms with van der Waals surface area (Å²) in [6.45, 7) is 0. The van der Waals surface area contributed by atoms with Gasteiger partial charge in [0, 0.05) is 47.4 Å². The zero-order chi connectivity index (χ0) is 25.3. The second kappa shape index (κ2) is 9.14. The van der Waals surface area contributed by atoms with Gasteiger partial charge in [-0.2, -0.15) is 18.3 Å². The summed E-state index contributed by atoms with van der Waals surface area (Å²) in [5.74, 6) is 0.102. The minimum atomic E-state index is -4.53. The number of fused-ring (bicyclic) bond motifs is 1. The van der Waals surface area contributed by atoms with E-state index in [1.54, 1.807) is 54.4 Å². The van der Waals surface area contributed by atoms with Crippen molar-refractivity contribution in [2.24, 2.45) is 0 Å². The molecule has 180 valence electrons. The van der Waals surface area contributed by atoms with Gasteiger partial charge >= 0.3 is 6.18 Å². The highest BCUT2D eigenvalue weighted by atomic mass is 19.4. The van der Waals surface area contributed by atoms with Crippen LogP contribution in [0.5, 0.6) is 0 Å². The number of nitrogens with one attached hydrogen (secondary N) is 2. The maximum Gasteiger partial charge on any atom is 0.416 e. The topological polar surface area (TPSA) is 84.2 Å². The Balaban J connectivity index is 1.45. The molecule has 0 saturated carbocycles. The highest BCUT2D eigenvalue weighted by Gasteiger charge is 2.30. The Labute approximate surface area is 203 Å². The molecule has 7 nitrogen and oxygen atoms in total. The van der Waals surface area contributed by atoms with Gasteiger partial charge in [-0.05, 0) is 48.5 Å². The van der Waals surface area contributed by atoms with Crippen LogP contribution in [-0.2, 0) is 6.18 Å². The van der Waals surface area contributed by atoms with Crippen LogP contribution in [0.25, 0.3) is 28.0 Å². The Morgan fingerprint density at radius 3 is 2.50 bits per heavy atom. The smallest absolute Gasteiger partial charge is 0.373 e. The van der Waals surface area contributed by atoms with Crippen molar-refractivity contribution in [3.8, 4) is 22.4 Å². The molecule has 3 aromatic heterocycles. The Kier molecular flexibility index (Phi) is 5.85. The van der Waals surface area contributed by atoms with Crippen LogP contribution < -0.4 is 10.6 Å². The van der Waals surface area contributed by atoms with Gasteiger partial charge in [-0.1, -0.05) is 18.2 Å². The van der Waals surface area contributed by atoms with Crippen molar-refractivity contribution < 1.29 is 18.0 Å². The molecule has 0 spiro atoms. The van der Waals surface area contributed by atoms with E-state index in [0.29, 0.717) is 11.3 Å². The first-order chi connectivity index (χ1) is 17.3. The van der Waals surface area contributed by atoms with Gasteiger partial charge in [0.1, 0.15) is 5.82 Å². The van der Waals surface area contributed by atoms with Crippen LogP contribution in [0.1, 0.15) is 15.9 Å². The van der Waals surface area contributed by atoms with E-state index in [0.717, 1.165) is 40.3 Å². The molecule has 1 amide bonds. The average Bonchev–Trinajstić information content (AvgIpc) is 3.33. The third kappa shape index (κ3) is 4.48. The van der Waals surface area contributed by atoms with Crippen LogP contribution in [-0.4, -0.2) is 32.5 Å². The molecule has 5 rings (SSSR count). The van der Waals surface area contributed by atoms with Gasteiger partial charge in [0.05, 0.1) is 17.5 Å². The molecular weight excluding hydrogens is 469 g/mol. The first kappa shape index (κ1) is 23.0. The van der Waals surface area contributed by atoms with E-state index in [1.165, 1.54) is 12.1 Å². The second-order valence-corrected chi connectivity index (χ2v) is 7.92. The van der Waals surface area contributed by atoms with E-state index in [1.807, 2.05) is 18.2 Å². The fraction of sp³-hybridized carbons (Fsp3) is 0.0769. The lowest BCUT2D eigenvalue weighted by molar-refractivity contribution is -0.137. The Morgan fingerprint density at radius 2 is 1.75 bits per heavy atom. The molecule has 3 heterocycles. The van der Waals surface area contributed by atoms with Crippen molar-refractivity contribution in [2.45, 2.75) is 6.18 Å². The molecular formula is C26H19F3N6O. The number of hydrogen-bond acceptors (Lipinski definition) is 5. The van der Waals surface area contributed by atoms with Gasteiger partial charge in [0.15, 0.2) is 5.65 Å². The van der Waals surface area contributed by atoms with E-state index in [2.05, 4.69) is 25.7 Å². The maximum absolute atomic E-state index is 13.0. The molecule has 36 heavy (non-hydrogen) atoms. The van der Waals surface area contributed by atoms with Gasteiger partial charge < -0.3 is 10.6 Å². The lowest BCUT2D eigenvalue weighted by atomic mass is 10.1. The highest BCUT2D eigenvalue weighted by molar-refractivity contribution is 6.04. The number of benzene rings is 2. The molecule has 0 aliphatic heterocycles. The first-order valence-corrected chi connectivity index (χ1v) is 10.9. The number of halogens is 3. The van der Waals surface area contributed by atoms with Crippen molar-refractivity contribution in [3.63, 3.8) is 0 Å². The fourth-order valence-electron chi connectivity index (χ4n) is 3.81. The number of amides is 1. The molecule has 0 saturated heterocycles. The monoisotopic (exact) mass is 488 g/mol. The van der Waals surface area contributed by atoms with Crippen LogP contribution in [0.2, 0.25) is 0 Å². The van der Waals surface area contributed by atoms with E-state index in [4.69, 9.17) is 0 Å². The normalized spacial score (nSPS) is 11.4. The zero-order valence-electron chi connectivity index (χ0n) is 18.9. The third-order valence-corrected chi connectivity index (χ3v) is 5.60. The number of hydrogen-bond donors (Lipinski definition) is 2. The number of alkyl halides is 3. The molecule has 0 fully saturated rings. The number of rotatable bonds is 5. The van der Waals surface area contributed by atoms with Crippen LogP contribution in [0.15, 0.2) is 85.3 Å². The second-order valence-electron chi connectivity index (χ2n) is 7.92. The van der Waals surface area contributed by atoms with Crippen LogP contribution >= 0.6 is 0 Å². The number of carbonyl (C=O) groups is 1. The van der Waals surface area contributed by atoms with Gasteiger partial charge in [0.2, 0.25) is 0 Å². The van der Waals surface area contributed by atoms with Crippen molar-refractivity contribution in [1.82, 2.24) is 19.6 Å². The maximum atomic E-state index is 13.0. The number of aromatic nitrogens is 4. The van der Waals surface area contributed by atoms with E-state index < -0.39 is 17.6 Å². The lowest BCUT2D eigenvalue weighted by Gasteiger charge is -2.11. The van der Waals surface area contributed by atoms with Crippen molar-refractivity contribution in [2.75, 3.05) is 17.7 Å². The number of anilines is 2. The van der Waals surface area contributed by atoms with Gasteiger partial charge in [-0.15, -0.1) is 0 Å². The molecule has 10 heteroatoms. The lowest BCUT2D eigenvalue weighted by Crippen LogP contribution is -2.14. The molecule has 0 aliphatic rings. The molecule has 0 aliphatic carbocycles. The Bertz CT molecular complexity index is 1560. The van der Waals surface area contributed by atoms with Gasteiger partial charge in [-0.25, -0.2) is 14.5 Å². The van der Waals surface area contributed by atoms with E-state index in [9.17, 15) is 18.0 Å². The van der Waals surface area contributed by atoms with Crippen LogP contribution in [0.4, 0.5) is 24.7 Å². The van der Waals surface area contributed by atoms with Crippen molar-refractivity contribution >= 4 is 23.1 Å². The minimum absolute atomic E-state index is 0.0869. The molecule has 0 bridgehead atoms. The first-order valence-electron chi connectivity index (χ1n) is 10.9. The summed E-state index contributed by atoms with van der Waals surface area (Å²) in [5.41, 5.74) is 3.22. The molecule has 0 radical (unpaired) electrons. The summed E-state index contributed by atoms with van der Waals surface area (Å²) in [6.07, 6.45) is 0.581. The number of carbonyl (C=O) groups excluding carboxylic acids is 1. The zero-order valence-corrected chi connectivity index (χ0v) is 18.9. The fourth-order valence-corrected chi connectivity index (χ4v) is 3.81. The van der Waals surface area contributed by atoms with Crippen molar-refractivity contribution in [3.05, 3.63) is 96.4 Å². The number of pyridine rings is 1. The standard InChI is InChI=1S/C26H19F3N6O/c1-30-23-9-8-18(14-32-23)21-15-33-35-22(10-11-31-24(21)35)16-4-3-7-20(13-16)34-25(36)17-5-2-6-19(12-17)26(27,28)29/h2-15H,1H3,(H,30,32)(H,34,36). The summed E-state index contributed by atoms with van der Waals surface area (Å²) in [6, 6.07) is 16.9. The third-order valence-electron chi connectivity index (χ3n) is 5.60. The van der Waals surface area contributed by atoms with E-state index in [-0.39, 0.29) is 5.56 Å². The predicted molar refractivity (Wildman–Crippen MR) is 131 cm³/mol. The summed E-state index contributed by atoms with van der Waals surface area (Å²) in [5, 5.41) is 10.2. The Hall–Kier alpha value is -4.73. The minimum Gasteiger partial charge on any atom is -0.373 e. The summed E-state index contributed by atoms with van der Waals surface area (Å²) in [4.78, 5) is 21.5. The largest absolute Gasteiger partial charge is 0.416 e. The summed E-state index contributed by atoms with van der Waals surface area (Å²) < 4.78 is 40.7. The quantitative estimate of drug-likeness (QED) is 0.328. The molecule has 0 unspecified atom stereocenters. The SMILES string of the molecule is CNc1ccc(-c2cnn3c(-c4cccc(NC(=O)c5cccc(C(F)(F)F)c5)c4)ccnc23)cn1. The van der Waals surface area contributed by atoms with Gasteiger partial charge in [-0.3, -0.25) is 4.79 Å². The van der Waals surface area contributed by atoms with Gasteiger partial charge in [0.25, 0.3) is 5.91 Å². The average molecular weight is 488 g/mol. The predicted octanol–water partition coefficient (Wildman–Crippen LogP) is 5.77. The van der Waals surface area contributed by atoms with E-state index >= 15 is 0 Å². The molecule has 5 aromatic rings. The van der Waals surface area contributed by atoms with Crippen molar-refractivity contribution in [1.29, 1.82) is 0 Å². The van der Waals surface area contributed by atoms with Crippen LogP contribution in [0.3, 0.4) is 0 Å². The highest BCUT2D eigenvalue weighted by Crippen LogP contribution is 2.30. The van der Waals surface area contributed by atoms with Crippen LogP contribution in [0, 0.1) is 0 Å². The Morgan fingerprint density at radius 1 is 0.917 bits per heavy atom.